The molecule has 1 atom stereocenters. The van der Waals surface area contributed by atoms with Crippen LogP contribution in [0.3, 0.4) is 0 Å². The molecule has 0 amide bonds. The number of halogens is 4. The van der Waals surface area contributed by atoms with Crippen molar-refractivity contribution in [2.75, 3.05) is 20.1 Å². The average molecular weight is 325 g/mol. The summed E-state index contributed by atoms with van der Waals surface area (Å²) >= 11 is 3.32. The predicted octanol–water partition coefficient (Wildman–Crippen LogP) is 3.33. The van der Waals surface area contributed by atoms with Crippen LogP contribution in [0.4, 0.5) is 13.2 Å². The SMILES string of the molecule is CN(CCC(N)c1ccc(Br)cc1)CC(F)(F)F. The number of nitrogens with two attached hydrogens (primary N) is 1. The summed E-state index contributed by atoms with van der Waals surface area (Å²) in [5.74, 6) is 0. The van der Waals surface area contributed by atoms with Crippen molar-refractivity contribution in [1.29, 1.82) is 0 Å². The second kappa shape index (κ2) is 6.54. The van der Waals surface area contributed by atoms with E-state index in [0.717, 1.165) is 10.0 Å². The Hall–Kier alpha value is -0.590. The quantitative estimate of drug-likeness (QED) is 0.900. The second-order valence-corrected chi connectivity index (χ2v) is 5.22. The van der Waals surface area contributed by atoms with Crippen LogP contribution in [0.1, 0.15) is 18.0 Å². The molecule has 0 bridgehead atoms. The summed E-state index contributed by atoms with van der Waals surface area (Å²) in [4.78, 5) is 1.23. The molecule has 0 heterocycles. The van der Waals surface area contributed by atoms with Crippen LogP contribution in [0.5, 0.6) is 0 Å². The number of hydrogen-bond donors (Lipinski definition) is 1. The van der Waals surface area contributed by atoms with Crippen LogP contribution in [0.25, 0.3) is 0 Å². The molecule has 0 spiro atoms. The zero-order valence-electron chi connectivity index (χ0n) is 10.0. The average Bonchev–Trinajstić information content (AvgIpc) is 2.24. The van der Waals surface area contributed by atoms with E-state index in [2.05, 4.69) is 15.9 Å². The van der Waals surface area contributed by atoms with Crippen LogP contribution in [0.2, 0.25) is 0 Å². The molecule has 0 aliphatic rings. The molecule has 2 nitrogen and oxygen atoms in total. The monoisotopic (exact) mass is 324 g/mol. The first-order valence-corrected chi connectivity index (χ1v) is 6.33. The standard InChI is InChI=1S/C12H16BrF3N2/c1-18(8-12(14,15)16)7-6-11(17)9-2-4-10(13)5-3-9/h2-5,11H,6-8,17H2,1H3. The summed E-state index contributed by atoms with van der Waals surface area (Å²) in [7, 11) is 1.45. The largest absolute Gasteiger partial charge is 0.401 e. The molecular formula is C12H16BrF3N2. The molecule has 0 saturated carbocycles. The third-order valence-electron chi connectivity index (χ3n) is 2.57. The number of hydrogen-bond acceptors (Lipinski definition) is 2. The fourth-order valence-electron chi connectivity index (χ4n) is 1.62. The van der Waals surface area contributed by atoms with Crippen molar-refractivity contribution in [2.24, 2.45) is 5.73 Å². The van der Waals surface area contributed by atoms with Gasteiger partial charge in [0.15, 0.2) is 0 Å². The molecule has 0 aliphatic heterocycles. The Balaban J connectivity index is 2.41. The van der Waals surface area contributed by atoms with Gasteiger partial charge >= 0.3 is 6.18 Å². The van der Waals surface area contributed by atoms with Gasteiger partial charge in [0.25, 0.3) is 0 Å². The van der Waals surface area contributed by atoms with Crippen molar-refractivity contribution >= 4 is 15.9 Å². The van der Waals surface area contributed by atoms with Gasteiger partial charge in [-0.1, -0.05) is 28.1 Å². The van der Waals surface area contributed by atoms with E-state index >= 15 is 0 Å². The van der Waals surface area contributed by atoms with Crippen LogP contribution in [-0.4, -0.2) is 31.2 Å². The van der Waals surface area contributed by atoms with Gasteiger partial charge in [-0.05, 0) is 37.7 Å². The van der Waals surface area contributed by atoms with Crippen LogP contribution in [0, 0.1) is 0 Å². The minimum atomic E-state index is -4.16. The molecule has 0 radical (unpaired) electrons. The molecule has 6 heteroatoms. The van der Waals surface area contributed by atoms with Gasteiger partial charge in [-0.3, -0.25) is 4.90 Å². The third kappa shape index (κ3) is 5.84. The Morgan fingerprint density at radius 2 is 1.83 bits per heavy atom. The summed E-state index contributed by atoms with van der Waals surface area (Å²) in [6.45, 7) is -0.587. The first kappa shape index (κ1) is 15.5. The van der Waals surface area contributed by atoms with E-state index in [9.17, 15) is 13.2 Å². The topological polar surface area (TPSA) is 29.3 Å². The highest BCUT2D eigenvalue weighted by Gasteiger charge is 2.29. The van der Waals surface area contributed by atoms with Crippen molar-refractivity contribution in [1.82, 2.24) is 4.90 Å². The van der Waals surface area contributed by atoms with Crippen LogP contribution < -0.4 is 5.73 Å². The lowest BCUT2D eigenvalue weighted by molar-refractivity contribution is -0.143. The Morgan fingerprint density at radius 1 is 1.28 bits per heavy atom. The van der Waals surface area contributed by atoms with E-state index in [1.54, 1.807) is 0 Å². The molecule has 0 aliphatic carbocycles. The fraction of sp³-hybridized carbons (Fsp3) is 0.500. The molecule has 0 saturated heterocycles. The van der Waals surface area contributed by atoms with Crippen molar-refractivity contribution in [3.63, 3.8) is 0 Å². The molecule has 0 fully saturated rings. The summed E-state index contributed by atoms with van der Waals surface area (Å²) in [6.07, 6.45) is -3.66. The third-order valence-corrected chi connectivity index (χ3v) is 3.10. The molecule has 1 aromatic rings. The lowest BCUT2D eigenvalue weighted by Crippen LogP contribution is -2.33. The minimum absolute atomic E-state index is 0.242. The fourth-order valence-corrected chi connectivity index (χ4v) is 1.89. The van der Waals surface area contributed by atoms with E-state index in [0.29, 0.717) is 13.0 Å². The van der Waals surface area contributed by atoms with Gasteiger partial charge < -0.3 is 5.73 Å². The van der Waals surface area contributed by atoms with Gasteiger partial charge in [-0.15, -0.1) is 0 Å². The lowest BCUT2D eigenvalue weighted by atomic mass is 10.0. The Bertz CT molecular complexity index is 365. The molecule has 1 aromatic carbocycles. The van der Waals surface area contributed by atoms with Gasteiger partial charge in [0, 0.05) is 10.5 Å². The zero-order valence-corrected chi connectivity index (χ0v) is 11.6. The van der Waals surface area contributed by atoms with E-state index in [-0.39, 0.29) is 6.04 Å². The maximum Gasteiger partial charge on any atom is 0.401 e. The molecule has 0 aromatic heterocycles. The Kier molecular flexibility index (Phi) is 5.62. The Morgan fingerprint density at radius 3 is 2.33 bits per heavy atom. The number of nitrogens with zero attached hydrogens (tertiary/aromatic N) is 1. The number of alkyl halides is 3. The zero-order chi connectivity index (χ0) is 13.8. The van der Waals surface area contributed by atoms with E-state index in [1.165, 1.54) is 11.9 Å². The maximum atomic E-state index is 12.1. The highest BCUT2D eigenvalue weighted by molar-refractivity contribution is 9.10. The number of benzene rings is 1. The summed E-state index contributed by atoms with van der Waals surface area (Å²) in [5, 5.41) is 0. The van der Waals surface area contributed by atoms with E-state index in [4.69, 9.17) is 5.73 Å². The second-order valence-electron chi connectivity index (χ2n) is 4.30. The van der Waals surface area contributed by atoms with Crippen LogP contribution in [0.15, 0.2) is 28.7 Å². The van der Waals surface area contributed by atoms with Gasteiger partial charge in [-0.25, -0.2) is 0 Å². The molecule has 1 rings (SSSR count). The van der Waals surface area contributed by atoms with E-state index < -0.39 is 12.7 Å². The summed E-state index contributed by atoms with van der Waals surface area (Å²) in [5.41, 5.74) is 6.86. The van der Waals surface area contributed by atoms with Crippen molar-refractivity contribution < 1.29 is 13.2 Å². The van der Waals surface area contributed by atoms with Crippen molar-refractivity contribution in [3.05, 3.63) is 34.3 Å². The molecule has 1 unspecified atom stereocenters. The molecule has 2 N–H and O–H groups in total. The lowest BCUT2D eigenvalue weighted by Gasteiger charge is -2.20. The smallest absolute Gasteiger partial charge is 0.324 e. The molecular weight excluding hydrogens is 309 g/mol. The van der Waals surface area contributed by atoms with Gasteiger partial charge in [0.2, 0.25) is 0 Å². The maximum absolute atomic E-state index is 12.1. The minimum Gasteiger partial charge on any atom is -0.324 e. The van der Waals surface area contributed by atoms with E-state index in [1.807, 2.05) is 24.3 Å². The molecule has 18 heavy (non-hydrogen) atoms. The first-order chi connectivity index (χ1) is 8.28. The summed E-state index contributed by atoms with van der Waals surface area (Å²) < 4.78 is 37.3. The molecule has 102 valence electrons. The van der Waals surface area contributed by atoms with Gasteiger partial charge in [-0.2, -0.15) is 13.2 Å². The van der Waals surface area contributed by atoms with Crippen LogP contribution >= 0.6 is 15.9 Å². The summed E-state index contributed by atoms with van der Waals surface area (Å²) in [6, 6.07) is 7.24. The highest BCUT2D eigenvalue weighted by atomic mass is 79.9. The normalized spacial score (nSPS) is 13.9. The predicted molar refractivity (Wildman–Crippen MR) is 69.2 cm³/mol. The van der Waals surface area contributed by atoms with Crippen molar-refractivity contribution in [2.45, 2.75) is 18.6 Å². The van der Waals surface area contributed by atoms with Crippen molar-refractivity contribution in [3.8, 4) is 0 Å². The van der Waals surface area contributed by atoms with Crippen LogP contribution in [-0.2, 0) is 0 Å². The highest BCUT2D eigenvalue weighted by Crippen LogP contribution is 2.19. The first-order valence-electron chi connectivity index (χ1n) is 5.54. The Labute approximate surface area is 113 Å². The van der Waals surface area contributed by atoms with Gasteiger partial charge in [0.05, 0.1) is 6.54 Å². The van der Waals surface area contributed by atoms with Gasteiger partial charge in [0.1, 0.15) is 0 Å². The number of rotatable bonds is 5.